The number of carboxylic acid groups (broad SMARTS) is 1. The van der Waals surface area contributed by atoms with E-state index in [0.717, 1.165) is 18.4 Å². The van der Waals surface area contributed by atoms with Crippen molar-refractivity contribution in [2.45, 2.75) is 44.9 Å². The molecule has 1 aromatic rings. The predicted molar refractivity (Wildman–Crippen MR) is 68.0 cm³/mol. The van der Waals surface area contributed by atoms with Crippen LogP contribution < -0.4 is 0 Å². The largest absolute Gasteiger partial charge is 0.481 e. The van der Waals surface area contributed by atoms with Crippen LogP contribution in [0.3, 0.4) is 0 Å². The van der Waals surface area contributed by atoms with Crippen LogP contribution in [0.25, 0.3) is 0 Å². The van der Waals surface area contributed by atoms with E-state index in [9.17, 15) is 14.3 Å². The van der Waals surface area contributed by atoms with E-state index in [1.54, 1.807) is 12.1 Å². The van der Waals surface area contributed by atoms with Gasteiger partial charge >= 0.3 is 5.97 Å². The van der Waals surface area contributed by atoms with Crippen molar-refractivity contribution >= 4 is 5.97 Å². The number of rotatable bonds is 2. The molecular formula is C15H19FO2. The molecule has 0 atom stereocenters. The number of halogens is 1. The van der Waals surface area contributed by atoms with Gasteiger partial charge in [0, 0.05) is 0 Å². The highest BCUT2D eigenvalue weighted by atomic mass is 19.1. The lowest BCUT2D eigenvalue weighted by Crippen LogP contribution is -2.41. The second kappa shape index (κ2) is 4.38. The quantitative estimate of drug-likeness (QED) is 0.868. The maximum atomic E-state index is 13.0. The summed E-state index contributed by atoms with van der Waals surface area (Å²) in [5.74, 6) is -1.11. The van der Waals surface area contributed by atoms with Gasteiger partial charge in [-0.25, -0.2) is 4.39 Å². The van der Waals surface area contributed by atoms with Gasteiger partial charge < -0.3 is 5.11 Å². The summed E-state index contributed by atoms with van der Waals surface area (Å²) < 4.78 is 13.0. The molecule has 1 fully saturated rings. The molecule has 1 saturated carbocycles. The van der Waals surface area contributed by atoms with E-state index >= 15 is 0 Å². The Morgan fingerprint density at radius 1 is 1.11 bits per heavy atom. The van der Waals surface area contributed by atoms with Gasteiger partial charge in [0.1, 0.15) is 5.82 Å². The fourth-order valence-electron chi connectivity index (χ4n) is 2.75. The Kier molecular flexibility index (Phi) is 3.18. The number of aliphatic carboxylic acids is 1. The van der Waals surface area contributed by atoms with E-state index < -0.39 is 11.4 Å². The molecule has 1 aromatic carbocycles. The molecule has 0 spiro atoms. The van der Waals surface area contributed by atoms with Crippen molar-refractivity contribution in [2.75, 3.05) is 0 Å². The van der Waals surface area contributed by atoms with Crippen LogP contribution in [0.5, 0.6) is 0 Å². The minimum absolute atomic E-state index is 0.207. The summed E-state index contributed by atoms with van der Waals surface area (Å²) in [4.78, 5) is 11.7. The zero-order valence-electron chi connectivity index (χ0n) is 10.9. The molecule has 18 heavy (non-hydrogen) atoms. The minimum atomic E-state index is -0.830. The number of hydrogen-bond donors (Lipinski definition) is 1. The topological polar surface area (TPSA) is 37.3 Å². The van der Waals surface area contributed by atoms with Gasteiger partial charge in [-0.2, -0.15) is 0 Å². The van der Waals surface area contributed by atoms with Gasteiger partial charge in [0.25, 0.3) is 0 Å². The number of hydrogen-bond acceptors (Lipinski definition) is 1. The highest BCUT2D eigenvalue weighted by Crippen LogP contribution is 2.46. The van der Waals surface area contributed by atoms with Crippen molar-refractivity contribution in [1.29, 1.82) is 0 Å². The summed E-state index contributed by atoms with van der Waals surface area (Å²) in [5.41, 5.74) is 0.106. The molecule has 0 aliphatic heterocycles. The average Bonchev–Trinajstić information content (AvgIpc) is 2.30. The summed E-state index contributed by atoms with van der Waals surface area (Å²) in [6, 6.07) is 5.92. The fourth-order valence-corrected chi connectivity index (χ4v) is 2.75. The highest BCUT2D eigenvalue weighted by molar-refractivity contribution is 5.81. The molecule has 3 heteroatoms. The molecule has 1 aliphatic rings. The Morgan fingerprint density at radius 2 is 1.61 bits per heavy atom. The van der Waals surface area contributed by atoms with Gasteiger partial charge in [-0.3, -0.25) is 4.79 Å². The zero-order valence-corrected chi connectivity index (χ0v) is 10.9. The van der Waals surface area contributed by atoms with E-state index in [1.807, 2.05) is 0 Å². The first-order valence-corrected chi connectivity index (χ1v) is 6.35. The first-order valence-electron chi connectivity index (χ1n) is 6.35. The Labute approximate surface area is 107 Å². The second-order valence-electron chi connectivity index (χ2n) is 6.06. The van der Waals surface area contributed by atoms with Crippen LogP contribution >= 0.6 is 0 Å². The smallest absolute Gasteiger partial charge is 0.314 e. The third kappa shape index (κ3) is 2.26. The number of carboxylic acids is 1. The van der Waals surface area contributed by atoms with Crippen LogP contribution in [0.1, 0.15) is 45.1 Å². The molecule has 0 aromatic heterocycles. The SMILES string of the molecule is CC1(C)CCC(C(=O)O)(c2ccc(F)cc2)CC1. The Hall–Kier alpha value is -1.38. The summed E-state index contributed by atoms with van der Waals surface area (Å²) in [7, 11) is 0. The summed E-state index contributed by atoms with van der Waals surface area (Å²) >= 11 is 0. The normalized spacial score (nSPS) is 21.5. The Morgan fingerprint density at radius 3 is 2.06 bits per heavy atom. The molecule has 1 aliphatic carbocycles. The second-order valence-corrected chi connectivity index (χ2v) is 6.06. The van der Waals surface area contributed by atoms with Crippen LogP contribution in [-0.2, 0) is 10.2 Å². The van der Waals surface area contributed by atoms with Gasteiger partial charge in [0.05, 0.1) is 5.41 Å². The first-order chi connectivity index (χ1) is 8.36. The average molecular weight is 250 g/mol. The van der Waals surface area contributed by atoms with Gasteiger partial charge in [-0.05, 0) is 48.8 Å². The summed E-state index contributed by atoms with van der Waals surface area (Å²) in [6.45, 7) is 4.34. The van der Waals surface area contributed by atoms with Gasteiger partial charge in [-0.15, -0.1) is 0 Å². The van der Waals surface area contributed by atoms with Crippen LogP contribution in [-0.4, -0.2) is 11.1 Å². The van der Waals surface area contributed by atoms with E-state index in [4.69, 9.17) is 0 Å². The molecule has 0 amide bonds. The molecule has 0 radical (unpaired) electrons. The van der Waals surface area contributed by atoms with Crippen LogP contribution in [0.2, 0.25) is 0 Å². The molecule has 2 rings (SSSR count). The lowest BCUT2D eigenvalue weighted by Gasteiger charge is -2.41. The van der Waals surface area contributed by atoms with Crippen molar-refractivity contribution in [3.05, 3.63) is 35.6 Å². The van der Waals surface area contributed by atoms with E-state index in [1.165, 1.54) is 12.1 Å². The van der Waals surface area contributed by atoms with E-state index in [-0.39, 0.29) is 11.2 Å². The van der Waals surface area contributed by atoms with Gasteiger partial charge in [0.15, 0.2) is 0 Å². The molecule has 98 valence electrons. The minimum Gasteiger partial charge on any atom is -0.481 e. The van der Waals surface area contributed by atoms with Gasteiger partial charge in [-0.1, -0.05) is 26.0 Å². The van der Waals surface area contributed by atoms with Crippen LogP contribution in [0.15, 0.2) is 24.3 Å². The van der Waals surface area contributed by atoms with Crippen LogP contribution in [0.4, 0.5) is 4.39 Å². The van der Waals surface area contributed by atoms with Crippen molar-refractivity contribution in [1.82, 2.24) is 0 Å². The van der Waals surface area contributed by atoms with Crippen LogP contribution in [0, 0.1) is 11.2 Å². The Bertz CT molecular complexity index is 438. The highest BCUT2D eigenvalue weighted by Gasteiger charge is 2.45. The van der Waals surface area contributed by atoms with E-state index in [0.29, 0.717) is 12.8 Å². The van der Waals surface area contributed by atoms with Gasteiger partial charge in [0.2, 0.25) is 0 Å². The molecule has 0 unspecified atom stereocenters. The fraction of sp³-hybridized carbons (Fsp3) is 0.533. The maximum Gasteiger partial charge on any atom is 0.314 e. The summed E-state index contributed by atoms with van der Waals surface area (Å²) in [5, 5.41) is 9.59. The van der Waals surface area contributed by atoms with E-state index in [2.05, 4.69) is 13.8 Å². The third-order valence-electron chi connectivity index (χ3n) is 4.26. The lowest BCUT2D eigenvalue weighted by molar-refractivity contribution is -0.146. The number of carbonyl (C=O) groups is 1. The zero-order chi connectivity index (χ0) is 13.4. The Balaban J connectivity index is 2.34. The van der Waals surface area contributed by atoms with Crippen molar-refractivity contribution in [2.24, 2.45) is 5.41 Å². The third-order valence-corrected chi connectivity index (χ3v) is 4.26. The molecule has 0 saturated heterocycles. The van der Waals surface area contributed by atoms with Crippen molar-refractivity contribution in [3.63, 3.8) is 0 Å². The monoisotopic (exact) mass is 250 g/mol. The van der Waals surface area contributed by atoms with Crippen molar-refractivity contribution < 1.29 is 14.3 Å². The number of benzene rings is 1. The molecule has 0 bridgehead atoms. The predicted octanol–water partition coefficient (Wildman–Crippen LogP) is 3.75. The molecule has 0 heterocycles. The summed E-state index contributed by atoms with van der Waals surface area (Å²) in [6.07, 6.45) is 3.02. The first kappa shape index (κ1) is 13.1. The van der Waals surface area contributed by atoms with Crippen molar-refractivity contribution in [3.8, 4) is 0 Å². The lowest BCUT2D eigenvalue weighted by atomic mass is 9.62. The molecule has 2 nitrogen and oxygen atoms in total. The molecule has 1 N–H and O–H groups in total. The standard InChI is InChI=1S/C15H19FO2/c1-14(2)7-9-15(10-8-14,13(17)18)11-3-5-12(16)6-4-11/h3-6H,7-10H2,1-2H3,(H,17,18). The maximum absolute atomic E-state index is 13.0. The molecular weight excluding hydrogens is 231 g/mol.